The number of rotatable bonds is 5. The molecule has 0 spiro atoms. The van der Waals surface area contributed by atoms with Crippen LogP contribution in [0.1, 0.15) is 36.0 Å². The Morgan fingerprint density at radius 1 is 1.29 bits per heavy atom. The van der Waals surface area contributed by atoms with Crippen LogP contribution in [0, 0.1) is 0 Å². The number of carbonyl (C=O) groups excluding carboxylic acids is 1. The molecule has 0 radical (unpaired) electrons. The number of anilines is 1. The van der Waals surface area contributed by atoms with Gasteiger partial charge in [0.15, 0.2) is 0 Å². The van der Waals surface area contributed by atoms with Gasteiger partial charge in [0.2, 0.25) is 0 Å². The van der Waals surface area contributed by atoms with E-state index in [0.29, 0.717) is 28.9 Å². The number of carbonyl (C=O) groups is 1. The molecule has 0 saturated heterocycles. The summed E-state index contributed by atoms with van der Waals surface area (Å²) in [4.78, 5) is 17.0. The Bertz CT molecular complexity index is 478. The van der Waals surface area contributed by atoms with Crippen LogP contribution >= 0.6 is 11.6 Å². The third-order valence-electron chi connectivity index (χ3n) is 4.07. The monoisotopic (exact) mass is 309 g/mol. The summed E-state index contributed by atoms with van der Waals surface area (Å²) in [6.07, 6.45) is 4.52. The minimum absolute atomic E-state index is 0.0353. The third-order valence-corrected chi connectivity index (χ3v) is 4.39. The van der Waals surface area contributed by atoms with Gasteiger partial charge in [-0.25, -0.2) is 0 Å². The lowest BCUT2D eigenvalue weighted by Gasteiger charge is -2.31. The van der Waals surface area contributed by atoms with Crippen molar-refractivity contribution in [3.63, 3.8) is 0 Å². The molecule has 0 bridgehead atoms. The van der Waals surface area contributed by atoms with Gasteiger partial charge < -0.3 is 15.5 Å². The normalized spacial score (nSPS) is 15.6. The summed E-state index contributed by atoms with van der Waals surface area (Å²) < 4.78 is 0. The number of nitrogens with zero attached hydrogens (tertiary/aromatic N) is 2. The molecule has 0 unspecified atom stereocenters. The topological polar surface area (TPSA) is 49.6 Å². The predicted molar refractivity (Wildman–Crippen MR) is 87.7 cm³/mol. The fourth-order valence-corrected chi connectivity index (χ4v) is 3.15. The molecule has 1 aliphatic carbocycles. The van der Waals surface area contributed by atoms with Crippen LogP contribution < -0.4 is 5.73 Å². The Hall–Kier alpha value is -1.26. The molecule has 2 rings (SSSR count). The van der Waals surface area contributed by atoms with Crippen LogP contribution in [0.25, 0.3) is 0 Å². The van der Waals surface area contributed by atoms with Crippen LogP contribution in [0.3, 0.4) is 0 Å². The van der Waals surface area contributed by atoms with Crippen LogP contribution in [0.15, 0.2) is 18.2 Å². The molecule has 1 amide bonds. The molecule has 21 heavy (non-hydrogen) atoms. The molecule has 1 aromatic carbocycles. The molecule has 0 aromatic heterocycles. The molecule has 116 valence electrons. The molecule has 0 aliphatic heterocycles. The van der Waals surface area contributed by atoms with Crippen LogP contribution in [0.2, 0.25) is 5.02 Å². The van der Waals surface area contributed by atoms with E-state index in [4.69, 9.17) is 17.3 Å². The van der Waals surface area contributed by atoms with Crippen LogP contribution in [0.5, 0.6) is 0 Å². The van der Waals surface area contributed by atoms with Gasteiger partial charge in [0.25, 0.3) is 5.91 Å². The van der Waals surface area contributed by atoms with E-state index in [0.717, 1.165) is 19.4 Å². The van der Waals surface area contributed by atoms with Gasteiger partial charge in [-0.05, 0) is 39.1 Å². The van der Waals surface area contributed by atoms with Gasteiger partial charge in [0.05, 0.1) is 10.6 Å². The number of benzene rings is 1. The molecular formula is C16H24ClN3O. The molecule has 1 fully saturated rings. The second-order valence-corrected chi connectivity index (χ2v) is 6.35. The molecular weight excluding hydrogens is 286 g/mol. The average molecular weight is 310 g/mol. The first kappa shape index (κ1) is 16.1. The maximum absolute atomic E-state index is 12.9. The number of amides is 1. The van der Waals surface area contributed by atoms with Crippen molar-refractivity contribution in [2.24, 2.45) is 0 Å². The van der Waals surface area contributed by atoms with E-state index < -0.39 is 0 Å². The van der Waals surface area contributed by atoms with Gasteiger partial charge in [0.1, 0.15) is 0 Å². The average Bonchev–Trinajstić information content (AvgIpc) is 2.92. The van der Waals surface area contributed by atoms with E-state index in [2.05, 4.69) is 4.90 Å². The standard InChI is InChI=1S/C16H24ClN3O/c1-19(2)10-11-20(12-6-3-4-7-12)16(21)15-13(17)8-5-9-14(15)18/h5,8-9,12H,3-4,6-7,10-11,18H2,1-2H3. The van der Waals surface area contributed by atoms with Gasteiger partial charge in [-0.2, -0.15) is 0 Å². The Morgan fingerprint density at radius 3 is 2.52 bits per heavy atom. The molecule has 0 heterocycles. The van der Waals surface area contributed by atoms with Crippen molar-refractivity contribution in [3.8, 4) is 0 Å². The Morgan fingerprint density at radius 2 is 1.95 bits per heavy atom. The van der Waals surface area contributed by atoms with E-state index in [1.807, 2.05) is 19.0 Å². The van der Waals surface area contributed by atoms with Crippen molar-refractivity contribution in [2.75, 3.05) is 32.9 Å². The van der Waals surface area contributed by atoms with Gasteiger partial charge >= 0.3 is 0 Å². The summed E-state index contributed by atoms with van der Waals surface area (Å²) >= 11 is 6.20. The lowest BCUT2D eigenvalue weighted by Crippen LogP contribution is -2.43. The van der Waals surface area contributed by atoms with E-state index in [1.54, 1.807) is 18.2 Å². The Balaban J connectivity index is 2.24. The highest BCUT2D eigenvalue weighted by Gasteiger charge is 2.29. The third kappa shape index (κ3) is 3.89. The first-order valence-corrected chi connectivity index (χ1v) is 7.88. The molecule has 1 aliphatic rings. The number of hydrogen-bond donors (Lipinski definition) is 1. The summed E-state index contributed by atoms with van der Waals surface area (Å²) in [5, 5.41) is 0.438. The van der Waals surface area contributed by atoms with Crippen molar-refractivity contribution >= 4 is 23.2 Å². The highest BCUT2D eigenvalue weighted by atomic mass is 35.5. The first-order valence-electron chi connectivity index (χ1n) is 7.50. The highest BCUT2D eigenvalue weighted by Crippen LogP contribution is 2.29. The summed E-state index contributed by atoms with van der Waals surface area (Å²) in [7, 11) is 4.03. The maximum atomic E-state index is 12.9. The zero-order valence-electron chi connectivity index (χ0n) is 12.8. The molecule has 4 nitrogen and oxygen atoms in total. The Labute approximate surface area is 131 Å². The lowest BCUT2D eigenvalue weighted by atomic mass is 10.1. The summed E-state index contributed by atoms with van der Waals surface area (Å²) in [5.74, 6) is -0.0353. The second-order valence-electron chi connectivity index (χ2n) is 5.94. The smallest absolute Gasteiger partial charge is 0.257 e. The van der Waals surface area contributed by atoms with Crippen molar-refractivity contribution in [2.45, 2.75) is 31.7 Å². The number of halogens is 1. The van der Waals surface area contributed by atoms with Crippen LogP contribution in [-0.2, 0) is 0 Å². The Kier molecular flexibility index (Phi) is 5.48. The molecule has 5 heteroatoms. The van der Waals surface area contributed by atoms with Gasteiger partial charge in [0, 0.05) is 24.8 Å². The van der Waals surface area contributed by atoms with Crippen LogP contribution in [0.4, 0.5) is 5.69 Å². The lowest BCUT2D eigenvalue weighted by molar-refractivity contribution is 0.0669. The summed E-state index contributed by atoms with van der Waals surface area (Å²) in [5.41, 5.74) is 6.88. The fourth-order valence-electron chi connectivity index (χ4n) is 2.88. The molecule has 2 N–H and O–H groups in total. The second kappa shape index (κ2) is 7.14. The van der Waals surface area contributed by atoms with Crippen molar-refractivity contribution in [1.29, 1.82) is 0 Å². The zero-order valence-corrected chi connectivity index (χ0v) is 13.6. The van der Waals surface area contributed by atoms with E-state index in [1.165, 1.54) is 12.8 Å². The number of hydrogen-bond acceptors (Lipinski definition) is 3. The van der Waals surface area contributed by atoms with Gasteiger partial charge in [-0.3, -0.25) is 4.79 Å². The van der Waals surface area contributed by atoms with Crippen molar-refractivity contribution in [1.82, 2.24) is 9.80 Å². The zero-order chi connectivity index (χ0) is 15.4. The maximum Gasteiger partial charge on any atom is 0.257 e. The summed E-state index contributed by atoms with van der Waals surface area (Å²) in [6, 6.07) is 5.55. The van der Waals surface area contributed by atoms with Crippen molar-refractivity contribution < 1.29 is 4.79 Å². The first-order chi connectivity index (χ1) is 10.0. The van der Waals surface area contributed by atoms with E-state index >= 15 is 0 Å². The minimum Gasteiger partial charge on any atom is -0.398 e. The number of likely N-dealkylation sites (N-methyl/N-ethyl adjacent to an activating group) is 1. The fraction of sp³-hybridized carbons (Fsp3) is 0.562. The minimum atomic E-state index is -0.0353. The van der Waals surface area contributed by atoms with E-state index in [-0.39, 0.29) is 5.91 Å². The quantitative estimate of drug-likeness (QED) is 0.851. The molecule has 1 saturated carbocycles. The SMILES string of the molecule is CN(C)CCN(C(=O)c1c(N)cccc1Cl)C1CCCC1. The van der Waals surface area contributed by atoms with Crippen LogP contribution in [-0.4, -0.2) is 48.9 Å². The molecule has 1 aromatic rings. The van der Waals surface area contributed by atoms with Crippen molar-refractivity contribution in [3.05, 3.63) is 28.8 Å². The summed E-state index contributed by atoms with van der Waals surface area (Å²) in [6.45, 7) is 1.55. The number of nitrogen functional groups attached to an aromatic ring is 1. The van der Waals surface area contributed by atoms with Gasteiger partial charge in [-0.1, -0.05) is 30.5 Å². The predicted octanol–water partition coefficient (Wildman–Crippen LogP) is 2.87. The molecule has 0 atom stereocenters. The van der Waals surface area contributed by atoms with Gasteiger partial charge in [-0.15, -0.1) is 0 Å². The highest BCUT2D eigenvalue weighted by molar-refractivity contribution is 6.34. The van der Waals surface area contributed by atoms with E-state index in [9.17, 15) is 4.79 Å². The number of nitrogens with two attached hydrogens (primary N) is 1. The largest absolute Gasteiger partial charge is 0.398 e.